The molecule has 2 aromatic carbocycles. The van der Waals surface area contributed by atoms with E-state index in [1.807, 2.05) is 42.5 Å². The number of rotatable bonds is 6. The van der Waals surface area contributed by atoms with Gasteiger partial charge in [-0.25, -0.2) is 4.98 Å². The third-order valence-electron chi connectivity index (χ3n) is 5.78. The van der Waals surface area contributed by atoms with Crippen molar-refractivity contribution in [1.29, 1.82) is 5.41 Å². The molecule has 1 saturated heterocycles. The molecule has 0 spiro atoms. The average molecular weight is 446 g/mol. The fourth-order valence-electron chi connectivity index (χ4n) is 4.16. The highest BCUT2D eigenvalue weighted by Crippen LogP contribution is 2.28. The number of likely N-dealkylation sites (tertiary alicyclic amines) is 1. The number of carbonyl (C=O) groups is 1. The number of anilines is 2. The van der Waals surface area contributed by atoms with Crippen molar-refractivity contribution >= 4 is 23.1 Å². The Bertz CT molecular complexity index is 1220. The largest absolute Gasteiger partial charge is 0.496 e. The van der Waals surface area contributed by atoms with Crippen molar-refractivity contribution in [3.05, 3.63) is 81.9 Å². The van der Waals surface area contributed by atoms with E-state index < -0.39 is 0 Å². The number of para-hydroxylation sites is 2. The first-order valence-corrected chi connectivity index (χ1v) is 10.9. The molecular formula is C25H27N5O3. The quantitative estimate of drug-likeness (QED) is 0.498. The van der Waals surface area contributed by atoms with Gasteiger partial charge in [-0.05, 0) is 44.0 Å². The standard InChI is InChI=1S/C25H27N5O3/c1-16(26)21-23(27-18-10-4-3-5-11-18)28-22(29-24(21)31)17-9-8-14-30(15-17)25(32)19-12-6-7-13-20(19)33-2/h3-7,10-13,17,26H,8-9,14-15H2,1-2H3,(H2,27,28,29,31). The summed E-state index contributed by atoms with van der Waals surface area (Å²) in [6, 6.07) is 16.6. The molecule has 33 heavy (non-hydrogen) atoms. The van der Waals surface area contributed by atoms with Crippen molar-refractivity contribution in [2.75, 3.05) is 25.5 Å². The van der Waals surface area contributed by atoms with Crippen LogP contribution in [0.3, 0.4) is 0 Å². The number of amides is 1. The van der Waals surface area contributed by atoms with Crippen molar-refractivity contribution in [3.8, 4) is 5.75 Å². The van der Waals surface area contributed by atoms with Crippen LogP contribution in [0, 0.1) is 5.41 Å². The number of hydrogen-bond acceptors (Lipinski definition) is 6. The van der Waals surface area contributed by atoms with Crippen molar-refractivity contribution < 1.29 is 9.53 Å². The van der Waals surface area contributed by atoms with E-state index in [2.05, 4.69) is 10.3 Å². The molecule has 1 unspecified atom stereocenters. The summed E-state index contributed by atoms with van der Waals surface area (Å²) in [5, 5.41) is 11.2. The number of carbonyl (C=O) groups excluding carboxylic acids is 1. The number of ether oxygens (including phenoxy) is 1. The zero-order chi connectivity index (χ0) is 23.4. The second-order valence-electron chi connectivity index (χ2n) is 8.08. The number of piperidine rings is 1. The smallest absolute Gasteiger partial charge is 0.262 e. The van der Waals surface area contributed by atoms with Gasteiger partial charge in [0.15, 0.2) is 0 Å². The molecule has 4 rings (SSSR count). The van der Waals surface area contributed by atoms with E-state index in [1.165, 1.54) is 0 Å². The lowest BCUT2D eigenvalue weighted by Crippen LogP contribution is -2.40. The molecule has 1 atom stereocenters. The Kier molecular flexibility index (Phi) is 6.53. The van der Waals surface area contributed by atoms with Crippen molar-refractivity contribution in [1.82, 2.24) is 14.9 Å². The highest BCUT2D eigenvalue weighted by Gasteiger charge is 2.29. The van der Waals surface area contributed by atoms with E-state index in [9.17, 15) is 9.59 Å². The summed E-state index contributed by atoms with van der Waals surface area (Å²) in [5.74, 6) is 1.17. The number of hydrogen-bond donors (Lipinski definition) is 3. The summed E-state index contributed by atoms with van der Waals surface area (Å²) in [6.45, 7) is 2.63. The second kappa shape index (κ2) is 9.68. The first kappa shape index (κ1) is 22.3. The van der Waals surface area contributed by atoms with Gasteiger partial charge in [0.2, 0.25) is 0 Å². The van der Waals surface area contributed by atoms with E-state index in [-0.39, 0.29) is 28.7 Å². The molecule has 1 amide bonds. The zero-order valence-corrected chi connectivity index (χ0v) is 18.7. The molecule has 0 bridgehead atoms. The Morgan fingerprint density at radius 3 is 2.64 bits per heavy atom. The molecule has 8 heteroatoms. The summed E-state index contributed by atoms with van der Waals surface area (Å²) in [5.41, 5.74) is 1.27. The molecule has 0 aliphatic carbocycles. The van der Waals surface area contributed by atoms with Crippen LogP contribution in [-0.2, 0) is 0 Å². The van der Waals surface area contributed by atoms with Crippen molar-refractivity contribution in [2.24, 2.45) is 0 Å². The minimum absolute atomic E-state index is 0.103. The van der Waals surface area contributed by atoms with Gasteiger partial charge in [0, 0.05) is 30.4 Å². The summed E-state index contributed by atoms with van der Waals surface area (Å²) < 4.78 is 5.36. The van der Waals surface area contributed by atoms with Gasteiger partial charge in [-0.3, -0.25) is 9.59 Å². The van der Waals surface area contributed by atoms with Crippen molar-refractivity contribution in [2.45, 2.75) is 25.7 Å². The summed E-state index contributed by atoms with van der Waals surface area (Å²) in [7, 11) is 1.55. The van der Waals surface area contributed by atoms with Crippen LogP contribution in [0.2, 0.25) is 0 Å². The summed E-state index contributed by atoms with van der Waals surface area (Å²) in [6.07, 6.45) is 1.59. The SMILES string of the molecule is COc1ccccc1C(=O)N1CCCC(c2nc(Nc3ccccc3)c(C(C)=N)c(=O)[nH]2)C1. The molecule has 2 heterocycles. The van der Waals surface area contributed by atoms with Gasteiger partial charge in [-0.15, -0.1) is 0 Å². The average Bonchev–Trinajstić information content (AvgIpc) is 2.83. The zero-order valence-electron chi connectivity index (χ0n) is 18.7. The van der Waals surface area contributed by atoms with E-state index in [4.69, 9.17) is 15.1 Å². The summed E-state index contributed by atoms with van der Waals surface area (Å²) >= 11 is 0. The number of nitrogens with zero attached hydrogens (tertiary/aromatic N) is 2. The Balaban J connectivity index is 1.63. The van der Waals surface area contributed by atoms with Crippen LogP contribution in [0.4, 0.5) is 11.5 Å². The lowest BCUT2D eigenvalue weighted by atomic mass is 9.96. The Hall–Kier alpha value is -3.94. The molecule has 0 radical (unpaired) electrons. The van der Waals surface area contributed by atoms with Crippen LogP contribution < -0.4 is 15.6 Å². The lowest BCUT2D eigenvalue weighted by Gasteiger charge is -2.32. The molecule has 1 aliphatic heterocycles. The molecule has 3 N–H and O–H groups in total. The van der Waals surface area contributed by atoms with Gasteiger partial charge in [-0.1, -0.05) is 30.3 Å². The van der Waals surface area contributed by atoms with Gasteiger partial charge in [0.1, 0.15) is 23.0 Å². The van der Waals surface area contributed by atoms with Crippen LogP contribution in [0.15, 0.2) is 59.4 Å². The normalized spacial score (nSPS) is 15.7. The van der Waals surface area contributed by atoms with E-state index >= 15 is 0 Å². The number of methoxy groups -OCH3 is 1. The fraction of sp³-hybridized carbons (Fsp3) is 0.280. The second-order valence-corrected chi connectivity index (χ2v) is 8.08. The van der Waals surface area contributed by atoms with Gasteiger partial charge in [-0.2, -0.15) is 0 Å². The molecule has 1 fully saturated rings. The van der Waals surface area contributed by atoms with Crippen LogP contribution in [0.25, 0.3) is 0 Å². The van der Waals surface area contributed by atoms with Gasteiger partial charge in [0.25, 0.3) is 11.5 Å². The molecule has 0 saturated carbocycles. The maximum atomic E-state index is 13.2. The van der Waals surface area contributed by atoms with E-state index in [1.54, 1.807) is 31.1 Å². The molecule has 3 aromatic rings. The monoisotopic (exact) mass is 445 g/mol. The van der Waals surface area contributed by atoms with Gasteiger partial charge in [0.05, 0.1) is 12.7 Å². The minimum Gasteiger partial charge on any atom is -0.496 e. The van der Waals surface area contributed by atoms with E-state index in [0.717, 1.165) is 18.5 Å². The number of benzene rings is 2. The third-order valence-corrected chi connectivity index (χ3v) is 5.78. The van der Waals surface area contributed by atoms with Gasteiger partial charge < -0.3 is 25.3 Å². The highest BCUT2D eigenvalue weighted by atomic mass is 16.5. The fourth-order valence-corrected chi connectivity index (χ4v) is 4.16. The molecule has 170 valence electrons. The first-order chi connectivity index (χ1) is 16.0. The highest BCUT2D eigenvalue weighted by molar-refractivity contribution is 6.00. The number of aromatic amines is 1. The minimum atomic E-state index is -0.362. The molecule has 1 aliphatic rings. The predicted octanol–water partition coefficient (Wildman–Crippen LogP) is 3.93. The Morgan fingerprint density at radius 2 is 1.91 bits per heavy atom. The predicted molar refractivity (Wildman–Crippen MR) is 128 cm³/mol. The van der Waals surface area contributed by atoms with Gasteiger partial charge >= 0.3 is 0 Å². The molecule has 1 aromatic heterocycles. The maximum Gasteiger partial charge on any atom is 0.262 e. The molecular weight excluding hydrogens is 418 g/mol. The number of aromatic nitrogens is 2. The lowest BCUT2D eigenvalue weighted by molar-refractivity contribution is 0.0701. The Morgan fingerprint density at radius 1 is 1.18 bits per heavy atom. The van der Waals surface area contributed by atoms with E-state index in [0.29, 0.717) is 36.0 Å². The maximum absolute atomic E-state index is 13.2. The summed E-state index contributed by atoms with van der Waals surface area (Å²) in [4.78, 5) is 35.4. The van der Waals surface area contributed by atoms with Crippen LogP contribution in [-0.4, -0.2) is 46.7 Å². The third kappa shape index (κ3) is 4.79. The Labute approximate surface area is 192 Å². The first-order valence-electron chi connectivity index (χ1n) is 10.9. The number of nitrogens with one attached hydrogen (secondary N) is 3. The van der Waals surface area contributed by atoms with Crippen LogP contribution in [0.5, 0.6) is 5.75 Å². The van der Waals surface area contributed by atoms with Crippen molar-refractivity contribution in [3.63, 3.8) is 0 Å². The van der Waals surface area contributed by atoms with Crippen LogP contribution in [0.1, 0.15) is 47.4 Å². The molecule has 8 nitrogen and oxygen atoms in total. The number of H-pyrrole nitrogens is 1. The van der Waals surface area contributed by atoms with Crippen LogP contribution >= 0.6 is 0 Å². The topological polar surface area (TPSA) is 111 Å².